The number of oxazole rings is 1. The van der Waals surface area contributed by atoms with Gasteiger partial charge in [0.05, 0.1) is 4.92 Å². The Morgan fingerprint density at radius 2 is 1.75 bits per heavy atom. The zero-order chi connectivity index (χ0) is 22.7. The van der Waals surface area contributed by atoms with E-state index in [0.717, 1.165) is 27.8 Å². The zero-order valence-corrected chi connectivity index (χ0v) is 17.6. The van der Waals surface area contributed by atoms with Crippen LogP contribution in [0.3, 0.4) is 0 Å². The fraction of sp³-hybridized carbons (Fsp3) is 0.167. The number of aromatic nitrogens is 1. The molecule has 8 heteroatoms. The van der Waals surface area contributed by atoms with Crippen LogP contribution in [0.4, 0.5) is 5.69 Å². The van der Waals surface area contributed by atoms with Gasteiger partial charge in [0.2, 0.25) is 5.89 Å². The van der Waals surface area contributed by atoms with E-state index < -0.39 is 4.92 Å². The Balaban J connectivity index is 1.31. The number of rotatable bonds is 7. The first kappa shape index (κ1) is 21.0. The summed E-state index contributed by atoms with van der Waals surface area (Å²) >= 11 is 0. The van der Waals surface area contributed by atoms with Crippen LogP contribution >= 0.6 is 0 Å². The molecular formula is C24H21N3O5. The van der Waals surface area contributed by atoms with Gasteiger partial charge in [-0.1, -0.05) is 12.1 Å². The van der Waals surface area contributed by atoms with E-state index in [1.807, 2.05) is 50.2 Å². The lowest BCUT2D eigenvalue weighted by Crippen LogP contribution is -2.28. The van der Waals surface area contributed by atoms with Crippen molar-refractivity contribution in [2.45, 2.75) is 20.4 Å². The number of nitro groups is 1. The van der Waals surface area contributed by atoms with E-state index >= 15 is 0 Å². The van der Waals surface area contributed by atoms with Gasteiger partial charge in [0.1, 0.15) is 11.3 Å². The minimum Gasteiger partial charge on any atom is -0.484 e. The minimum atomic E-state index is -0.492. The van der Waals surface area contributed by atoms with E-state index in [1.165, 1.54) is 29.8 Å². The highest BCUT2D eigenvalue weighted by molar-refractivity contribution is 5.78. The molecule has 1 heterocycles. The Morgan fingerprint density at radius 1 is 1.06 bits per heavy atom. The van der Waals surface area contributed by atoms with Gasteiger partial charge < -0.3 is 14.5 Å². The van der Waals surface area contributed by atoms with Gasteiger partial charge >= 0.3 is 0 Å². The maximum Gasteiger partial charge on any atom is 0.269 e. The van der Waals surface area contributed by atoms with E-state index in [0.29, 0.717) is 18.2 Å². The summed E-state index contributed by atoms with van der Waals surface area (Å²) in [6.07, 6.45) is 0. The van der Waals surface area contributed by atoms with Crippen molar-refractivity contribution in [1.29, 1.82) is 0 Å². The highest BCUT2D eigenvalue weighted by Crippen LogP contribution is 2.26. The molecule has 0 spiro atoms. The number of ether oxygens (including phenoxy) is 1. The van der Waals surface area contributed by atoms with Crippen LogP contribution in [0.25, 0.3) is 22.6 Å². The highest BCUT2D eigenvalue weighted by atomic mass is 16.6. The molecule has 32 heavy (non-hydrogen) atoms. The van der Waals surface area contributed by atoms with Crippen molar-refractivity contribution in [2.24, 2.45) is 0 Å². The number of carbonyl (C=O) groups is 1. The third-order valence-corrected chi connectivity index (χ3v) is 5.11. The molecule has 0 fully saturated rings. The van der Waals surface area contributed by atoms with Crippen molar-refractivity contribution in [3.05, 3.63) is 87.5 Å². The van der Waals surface area contributed by atoms with E-state index in [9.17, 15) is 14.9 Å². The number of nitrogens with one attached hydrogen (secondary N) is 1. The molecule has 0 radical (unpaired) electrons. The second-order valence-electron chi connectivity index (χ2n) is 7.44. The molecule has 0 aliphatic carbocycles. The number of nitrogens with zero attached hydrogens (tertiary/aromatic N) is 2. The predicted octanol–water partition coefficient (Wildman–Crippen LogP) is 4.72. The fourth-order valence-electron chi connectivity index (χ4n) is 3.13. The summed E-state index contributed by atoms with van der Waals surface area (Å²) in [6, 6.07) is 17.2. The lowest BCUT2D eigenvalue weighted by molar-refractivity contribution is -0.384. The van der Waals surface area contributed by atoms with Gasteiger partial charge in [0.15, 0.2) is 12.2 Å². The zero-order valence-electron chi connectivity index (χ0n) is 17.6. The molecule has 3 aromatic carbocycles. The number of amides is 1. The normalized spacial score (nSPS) is 10.8. The Kier molecular flexibility index (Phi) is 5.85. The molecule has 4 rings (SSSR count). The summed E-state index contributed by atoms with van der Waals surface area (Å²) in [5, 5.41) is 13.4. The molecule has 4 aromatic rings. The maximum atomic E-state index is 12.0. The number of benzene rings is 3. The van der Waals surface area contributed by atoms with Gasteiger partial charge in [-0.15, -0.1) is 0 Å². The first-order chi connectivity index (χ1) is 15.4. The number of nitro benzene ring substituents is 1. The molecular weight excluding hydrogens is 410 g/mol. The number of hydrogen-bond donors (Lipinski definition) is 1. The summed E-state index contributed by atoms with van der Waals surface area (Å²) < 4.78 is 11.2. The summed E-state index contributed by atoms with van der Waals surface area (Å²) in [5.41, 5.74) is 5.64. The monoisotopic (exact) mass is 431 g/mol. The summed E-state index contributed by atoms with van der Waals surface area (Å²) in [6.45, 7) is 4.24. The van der Waals surface area contributed by atoms with Crippen molar-refractivity contribution in [3.63, 3.8) is 0 Å². The Bertz CT molecular complexity index is 1240. The van der Waals surface area contributed by atoms with E-state index in [2.05, 4.69) is 10.3 Å². The van der Waals surface area contributed by atoms with Gasteiger partial charge in [-0.3, -0.25) is 14.9 Å². The van der Waals surface area contributed by atoms with Crippen molar-refractivity contribution in [3.8, 4) is 17.2 Å². The summed E-state index contributed by atoms with van der Waals surface area (Å²) in [4.78, 5) is 26.8. The maximum absolute atomic E-state index is 12.0. The number of aryl methyl sites for hydroxylation is 2. The van der Waals surface area contributed by atoms with Gasteiger partial charge in [0, 0.05) is 24.2 Å². The predicted molar refractivity (Wildman–Crippen MR) is 119 cm³/mol. The Morgan fingerprint density at radius 3 is 2.44 bits per heavy atom. The number of hydrogen-bond acceptors (Lipinski definition) is 6. The van der Waals surface area contributed by atoms with Gasteiger partial charge in [-0.05, 0) is 66.9 Å². The average Bonchev–Trinajstić information content (AvgIpc) is 3.19. The van der Waals surface area contributed by atoms with Crippen LogP contribution in [0.1, 0.15) is 16.7 Å². The minimum absolute atomic E-state index is 0.0340. The standard InChI is InChI=1S/C24H21N3O5/c1-15-11-21-22(12-16(15)2)32-24(26-21)18-5-3-17(4-6-18)13-25-23(28)14-31-20-9-7-19(8-10-20)27(29)30/h3-12H,13-14H2,1-2H3,(H,25,28). The molecule has 0 aliphatic heterocycles. The number of carbonyl (C=O) groups excluding carboxylic acids is 1. The SMILES string of the molecule is Cc1cc2nc(-c3ccc(CNC(=O)COc4ccc([N+](=O)[O-])cc4)cc3)oc2cc1C. The molecule has 0 bridgehead atoms. The van der Waals surface area contributed by atoms with Crippen LogP contribution in [0, 0.1) is 24.0 Å². The molecule has 0 aliphatic rings. The first-order valence-electron chi connectivity index (χ1n) is 10.00. The average molecular weight is 431 g/mol. The smallest absolute Gasteiger partial charge is 0.269 e. The third kappa shape index (κ3) is 4.75. The number of fused-ring (bicyclic) bond motifs is 1. The molecule has 162 valence electrons. The van der Waals surface area contributed by atoms with Crippen molar-refractivity contribution in [1.82, 2.24) is 10.3 Å². The van der Waals surface area contributed by atoms with Crippen LogP contribution in [-0.4, -0.2) is 22.4 Å². The molecule has 8 nitrogen and oxygen atoms in total. The number of non-ortho nitro benzene ring substituents is 1. The van der Waals surface area contributed by atoms with E-state index in [-0.39, 0.29) is 18.2 Å². The highest BCUT2D eigenvalue weighted by Gasteiger charge is 2.10. The second kappa shape index (κ2) is 8.89. The summed E-state index contributed by atoms with van der Waals surface area (Å²) in [5.74, 6) is 0.646. The fourth-order valence-corrected chi connectivity index (χ4v) is 3.13. The van der Waals surface area contributed by atoms with Crippen LogP contribution in [-0.2, 0) is 11.3 Å². The summed E-state index contributed by atoms with van der Waals surface area (Å²) in [7, 11) is 0. The molecule has 1 N–H and O–H groups in total. The van der Waals surface area contributed by atoms with E-state index in [1.54, 1.807) is 0 Å². The third-order valence-electron chi connectivity index (χ3n) is 5.11. The quantitative estimate of drug-likeness (QED) is 0.335. The van der Waals surface area contributed by atoms with Crippen LogP contribution < -0.4 is 10.1 Å². The van der Waals surface area contributed by atoms with Gasteiger partial charge in [-0.25, -0.2) is 4.98 Å². The molecule has 0 atom stereocenters. The van der Waals surface area contributed by atoms with Crippen LogP contribution in [0.5, 0.6) is 5.75 Å². The Hall–Kier alpha value is -4.20. The first-order valence-corrected chi connectivity index (χ1v) is 10.00. The van der Waals surface area contributed by atoms with Crippen molar-refractivity contribution < 1.29 is 18.9 Å². The Labute approximate surface area is 184 Å². The van der Waals surface area contributed by atoms with E-state index in [4.69, 9.17) is 9.15 Å². The molecule has 0 unspecified atom stereocenters. The van der Waals surface area contributed by atoms with Crippen LogP contribution in [0.2, 0.25) is 0 Å². The van der Waals surface area contributed by atoms with Gasteiger partial charge in [0.25, 0.3) is 11.6 Å². The lowest BCUT2D eigenvalue weighted by Gasteiger charge is -2.08. The molecule has 0 saturated heterocycles. The van der Waals surface area contributed by atoms with Crippen LogP contribution in [0.15, 0.2) is 65.1 Å². The molecule has 1 aromatic heterocycles. The molecule has 0 saturated carbocycles. The largest absolute Gasteiger partial charge is 0.484 e. The molecule has 1 amide bonds. The van der Waals surface area contributed by atoms with Crippen molar-refractivity contribution >= 4 is 22.7 Å². The second-order valence-corrected chi connectivity index (χ2v) is 7.44. The topological polar surface area (TPSA) is 108 Å². The van der Waals surface area contributed by atoms with Crippen molar-refractivity contribution in [2.75, 3.05) is 6.61 Å². The lowest BCUT2D eigenvalue weighted by atomic mass is 10.1. The van der Waals surface area contributed by atoms with Gasteiger partial charge in [-0.2, -0.15) is 0 Å².